The Balaban J connectivity index is 1.06. The van der Waals surface area contributed by atoms with Crippen molar-refractivity contribution in [1.29, 1.82) is 0 Å². The SMILES string of the molecule is c1ccc(-c2ccc(N(c3ccc(-c4ccc5c(ccc6ccc7ccccc7c65)c4)cc3)c3cccc4oc5ccc6ccccc6c5c34)cc2)cc1. The monoisotopic (exact) mass is 687 g/mol. The van der Waals surface area contributed by atoms with Gasteiger partial charge in [0.2, 0.25) is 0 Å². The van der Waals surface area contributed by atoms with Crippen LogP contribution in [-0.4, -0.2) is 0 Å². The molecular formula is C52H33NO. The van der Waals surface area contributed by atoms with Crippen molar-refractivity contribution in [3.05, 3.63) is 200 Å². The van der Waals surface area contributed by atoms with E-state index in [0.717, 1.165) is 39.0 Å². The van der Waals surface area contributed by atoms with E-state index in [1.165, 1.54) is 65.3 Å². The van der Waals surface area contributed by atoms with E-state index in [1.807, 2.05) is 0 Å². The second kappa shape index (κ2) is 12.2. The summed E-state index contributed by atoms with van der Waals surface area (Å²) in [6.07, 6.45) is 0. The average molecular weight is 688 g/mol. The largest absolute Gasteiger partial charge is 0.456 e. The first-order valence-corrected chi connectivity index (χ1v) is 18.5. The molecular weight excluding hydrogens is 655 g/mol. The molecule has 0 fully saturated rings. The fourth-order valence-electron chi connectivity index (χ4n) is 8.43. The van der Waals surface area contributed by atoms with E-state index in [1.54, 1.807) is 0 Å². The first kappa shape index (κ1) is 30.5. The Morgan fingerprint density at radius 2 is 0.815 bits per heavy atom. The van der Waals surface area contributed by atoms with Crippen LogP contribution in [0, 0.1) is 0 Å². The summed E-state index contributed by atoms with van der Waals surface area (Å²) in [5.74, 6) is 0. The molecule has 252 valence electrons. The van der Waals surface area contributed by atoms with Gasteiger partial charge in [0.25, 0.3) is 0 Å². The lowest BCUT2D eigenvalue weighted by Gasteiger charge is -2.27. The number of benzene rings is 10. The van der Waals surface area contributed by atoms with Crippen LogP contribution in [0.5, 0.6) is 0 Å². The third kappa shape index (κ3) is 4.88. The molecule has 2 nitrogen and oxygen atoms in total. The van der Waals surface area contributed by atoms with Crippen LogP contribution in [0.2, 0.25) is 0 Å². The van der Waals surface area contributed by atoms with Gasteiger partial charge in [-0.3, -0.25) is 0 Å². The van der Waals surface area contributed by atoms with Gasteiger partial charge >= 0.3 is 0 Å². The molecule has 11 aromatic rings. The molecule has 2 heteroatoms. The molecule has 1 heterocycles. The summed E-state index contributed by atoms with van der Waals surface area (Å²) in [7, 11) is 0. The molecule has 0 spiro atoms. The predicted molar refractivity (Wildman–Crippen MR) is 229 cm³/mol. The molecule has 10 aromatic carbocycles. The zero-order valence-electron chi connectivity index (χ0n) is 29.4. The summed E-state index contributed by atoms with van der Waals surface area (Å²) in [5, 5.41) is 12.3. The number of anilines is 3. The maximum Gasteiger partial charge on any atom is 0.137 e. The fraction of sp³-hybridized carbons (Fsp3) is 0. The number of rotatable bonds is 5. The average Bonchev–Trinajstić information content (AvgIpc) is 3.64. The van der Waals surface area contributed by atoms with Crippen molar-refractivity contribution in [2.75, 3.05) is 4.90 Å². The molecule has 0 atom stereocenters. The maximum atomic E-state index is 6.54. The molecule has 0 aliphatic rings. The van der Waals surface area contributed by atoms with Crippen molar-refractivity contribution in [3.63, 3.8) is 0 Å². The van der Waals surface area contributed by atoms with Crippen LogP contribution < -0.4 is 4.90 Å². The Hall–Kier alpha value is -7.16. The van der Waals surface area contributed by atoms with E-state index < -0.39 is 0 Å². The van der Waals surface area contributed by atoms with Crippen molar-refractivity contribution in [2.24, 2.45) is 0 Å². The maximum absolute atomic E-state index is 6.54. The van der Waals surface area contributed by atoms with E-state index in [2.05, 4.69) is 205 Å². The fourth-order valence-corrected chi connectivity index (χ4v) is 8.43. The van der Waals surface area contributed by atoms with E-state index >= 15 is 0 Å². The Bertz CT molecular complexity index is 3190. The Morgan fingerprint density at radius 3 is 1.54 bits per heavy atom. The molecule has 0 N–H and O–H groups in total. The van der Waals surface area contributed by atoms with Crippen molar-refractivity contribution in [2.45, 2.75) is 0 Å². The predicted octanol–water partition coefficient (Wildman–Crippen LogP) is 15.0. The highest BCUT2D eigenvalue weighted by Gasteiger charge is 2.21. The van der Waals surface area contributed by atoms with Gasteiger partial charge in [0.15, 0.2) is 0 Å². The highest BCUT2D eigenvalue weighted by atomic mass is 16.3. The molecule has 0 aliphatic carbocycles. The van der Waals surface area contributed by atoms with Crippen LogP contribution in [0.25, 0.3) is 87.3 Å². The molecule has 0 amide bonds. The van der Waals surface area contributed by atoms with Crippen molar-refractivity contribution in [1.82, 2.24) is 0 Å². The van der Waals surface area contributed by atoms with Crippen molar-refractivity contribution in [3.8, 4) is 22.3 Å². The number of hydrogen-bond acceptors (Lipinski definition) is 2. The minimum absolute atomic E-state index is 0.873. The minimum atomic E-state index is 0.873. The highest BCUT2D eigenvalue weighted by molar-refractivity contribution is 6.23. The van der Waals surface area contributed by atoms with Gasteiger partial charge in [-0.25, -0.2) is 0 Å². The van der Waals surface area contributed by atoms with E-state index in [-0.39, 0.29) is 0 Å². The van der Waals surface area contributed by atoms with E-state index in [0.29, 0.717) is 0 Å². The van der Waals surface area contributed by atoms with E-state index in [9.17, 15) is 0 Å². The van der Waals surface area contributed by atoms with Crippen LogP contribution in [0.1, 0.15) is 0 Å². The molecule has 0 saturated heterocycles. The molecule has 0 unspecified atom stereocenters. The summed E-state index contributed by atoms with van der Waals surface area (Å²) in [6, 6.07) is 72.2. The topological polar surface area (TPSA) is 16.4 Å². The highest BCUT2D eigenvalue weighted by Crippen LogP contribution is 2.45. The molecule has 54 heavy (non-hydrogen) atoms. The second-order valence-corrected chi connectivity index (χ2v) is 14.1. The first-order valence-electron chi connectivity index (χ1n) is 18.5. The van der Waals surface area contributed by atoms with Gasteiger partial charge in [0.05, 0.1) is 11.1 Å². The normalized spacial score (nSPS) is 11.7. The number of furan rings is 1. The molecule has 0 radical (unpaired) electrons. The van der Waals surface area contributed by atoms with Crippen LogP contribution >= 0.6 is 0 Å². The third-order valence-electron chi connectivity index (χ3n) is 11.0. The zero-order valence-corrected chi connectivity index (χ0v) is 29.4. The van der Waals surface area contributed by atoms with Crippen LogP contribution in [-0.2, 0) is 0 Å². The van der Waals surface area contributed by atoms with Gasteiger partial charge in [0, 0.05) is 16.8 Å². The van der Waals surface area contributed by atoms with Gasteiger partial charge in [-0.05, 0) is 114 Å². The lowest BCUT2D eigenvalue weighted by Crippen LogP contribution is -2.10. The quantitative estimate of drug-likeness (QED) is 0.168. The molecule has 11 rings (SSSR count). The summed E-state index contributed by atoms with van der Waals surface area (Å²) >= 11 is 0. The van der Waals surface area contributed by atoms with Gasteiger partial charge < -0.3 is 9.32 Å². The van der Waals surface area contributed by atoms with Crippen LogP contribution in [0.3, 0.4) is 0 Å². The summed E-state index contributed by atoms with van der Waals surface area (Å²) < 4.78 is 6.54. The minimum Gasteiger partial charge on any atom is -0.456 e. The lowest BCUT2D eigenvalue weighted by molar-refractivity contribution is 0.669. The second-order valence-electron chi connectivity index (χ2n) is 14.1. The van der Waals surface area contributed by atoms with Crippen LogP contribution in [0.4, 0.5) is 17.1 Å². The summed E-state index contributed by atoms with van der Waals surface area (Å²) in [4.78, 5) is 2.37. The third-order valence-corrected chi connectivity index (χ3v) is 11.0. The molecule has 0 bridgehead atoms. The van der Waals surface area contributed by atoms with Crippen LogP contribution in [0.15, 0.2) is 205 Å². The van der Waals surface area contributed by atoms with E-state index in [4.69, 9.17) is 4.42 Å². The molecule has 1 aromatic heterocycles. The Kier molecular flexibility index (Phi) is 6.90. The lowest BCUT2D eigenvalue weighted by atomic mass is 9.94. The molecule has 0 saturated carbocycles. The number of hydrogen-bond donors (Lipinski definition) is 0. The van der Waals surface area contributed by atoms with Gasteiger partial charge in [-0.15, -0.1) is 0 Å². The number of nitrogens with zero attached hydrogens (tertiary/aromatic N) is 1. The van der Waals surface area contributed by atoms with Crippen molar-refractivity contribution >= 4 is 82.1 Å². The van der Waals surface area contributed by atoms with Gasteiger partial charge in [0.1, 0.15) is 11.2 Å². The smallest absolute Gasteiger partial charge is 0.137 e. The van der Waals surface area contributed by atoms with Gasteiger partial charge in [-0.1, -0.05) is 152 Å². The first-order chi connectivity index (χ1) is 26.8. The van der Waals surface area contributed by atoms with Crippen molar-refractivity contribution < 1.29 is 4.42 Å². The Morgan fingerprint density at radius 1 is 0.296 bits per heavy atom. The summed E-state index contributed by atoms with van der Waals surface area (Å²) in [6.45, 7) is 0. The standard InChI is InChI=1S/C52H33NO/c1-2-9-34(10-3-1)35-21-27-42(28-22-35)53(47-15-8-16-48-52(47)51-45-14-7-5-12-38(45)26-32-49(51)54-48)43-29-23-36(24-30-43)40-25-31-46-41(33-40)20-19-39-18-17-37-11-4-6-13-44(37)50(39)46/h1-33H. The van der Waals surface area contributed by atoms with Gasteiger partial charge in [-0.2, -0.15) is 0 Å². The number of fused-ring (bicyclic) bond motifs is 10. The zero-order chi connectivity index (χ0) is 35.6. The molecule has 0 aliphatic heterocycles. The Labute approximate surface area is 312 Å². The summed E-state index contributed by atoms with van der Waals surface area (Å²) in [5.41, 5.74) is 9.75.